The van der Waals surface area contributed by atoms with Crippen molar-refractivity contribution in [3.8, 4) is 0 Å². The molecule has 16 heavy (non-hydrogen) atoms. The van der Waals surface area contributed by atoms with Gasteiger partial charge in [0.1, 0.15) is 5.78 Å². The molecule has 0 saturated carbocycles. The van der Waals surface area contributed by atoms with Gasteiger partial charge in [0, 0.05) is 35.6 Å². The van der Waals surface area contributed by atoms with Crippen molar-refractivity contribution in [1.29, 1.82) is 0 Å². The lowest BCUT2D eigenvalue weighted by molar-refractivity contribution is -0.122. The van der Waals surface area contributed by atoms with E-state index in [9.17, 15) is 4.79 Å². The maximum atomic E-state index is 11.4. The highest BCUT2D eigenvalue weighted by Gasteiger charge is 2.23. The molecule has 0 aromatic heterocycles. The third-order valence-electron chi connectivity index (χ3n) is 2.94. The second kappa shape index (κ2) is 4.76. The van der Waals surface area contributed by atoms with Crippen LogP contribution in [0.5, 0.6) is 0 Å². The van der Waals surface area contributed by atoms with Crippen LogP contribution in [0.4, 0.5) is 5.69 Å². The van der Waals surface area contributed by atoms with Gasteiger partial charge < -0.3 is 4.90 Å². The van der Waals surface area contributed by atoms with Gasteiger partial charge in [0.05, 0.1) is 5.02 Å². The molecule has 1 heterocycles. The minimum Gasteiger partial charge on any atom is -0.370 e. The fourth-order valence-corrected chi connectivity index (χ4v) is 2.42. The Morgan fingerprint density at radius 2 is 2.25 bits per heavy atom. The van der Waals surface area contributed by atoms with E-state index >= 15 is 0 Å². The standard InChI is InChI=1S/C12H13BrClNO/c1-8-7-15(5-4-12(8)16)9-2-3-11(14)10(13)6-9/h2-3,6,8H,4-5,7H2,1H3. The Hall–Kier alpha value is -0.540. The van der Waals surface area contributed by atoms with Gasteiger partial charge in [0.25, 0.3) is 0 Å². The summed E-state index contributed by atoms with van der Waals surface area (Å²) in [6, 6.07) is 5.88. The van der Waals surface area contributed by atoms with E-state index in [0.29, 0.717) is 17.2 Å². The summed E-state index contributed by atoms with van der Waals surface area (Å²) in [6.07, 6.45) is 0.640. The van der Waals surface area contributed by atoms with Crippen LogP contribution in [-0.4, -0.2) is 18.9 Å². The second-order valence-corrected chi connectivity index (χ2v) is 5.42. The van der Waals surface area contributed by atoms with E-state index in [1.54, 1.807) is 0 Å². The Morgan fingerprint density at radius 3 is 2.88 bits per heavy atom. The summed E-state index contributed by atoms with van der Waals surface area (Å²) < 4.78 is 0.899. The number of anilines is 1. The van der Waals surface area contributed by atoms with Crippen LogP contribution in [-0.2, 0) is 4.79 Å². The fraction of sp³-hybridized carbons (Fsp3) is 0.417. The van der Waals surface area contributed by atoms with Crippen molar-refractivity contribution in [3.05, 3.63) is 27.7 Å². The maximum Gasteiger partial charge on any atom is 0.139 e. The number of hydrogen-bond donors (Lipinski definition) is 0. The molecule has 0 radical (unpaired) electrons. The van der Waals surface area contributed by atoms with E-state index in [2.05, 4.69) is 20.8 Å². The number of carbonyl (C=O) groups excluding carboxylic acids is 1. The van der Waals surface area contributed by atoms with E-state index in [-0.39, 0.29) is 5.92 Å². The first kappa shape index (κ1) is 11.9. The highest BCUT2D eigenvalue weighted by molar-refractivity contribution is 9.10. The first-order valence-electron chi connectivity index (χ1n) is 5.30. The normalized spacial score (nSPS) is 21.3. The molecule has 1 atom stereocenters. The molecule has 0 amide bonds. The van der Waals surface area contributed by atoms with Gasteiger partial charge in [-0.1, -0.05) is 18.5 Å². The van der Waals surface area contributed by atoms with Crippen molar-refractivity contribution in [1.82, 2.24) is 0 Å². The van der Waals surface area contributed by atoms with Crippen LogP contribution in [0, 0.1) is 5.92 Å². The highest BCUT2D eigenvalue weighted by atomic mass is 79.9. The van der Waals surface area contributed by atoms with Gasteiger partial charge in [-0.05, 0) is 34.1 Å². The van der Waals surface area contributed by atoms with Gasteiger partial charge in [-0.3, -0.25) is 4.79 Å². The summed E-state index contributed by atoms with van der Waals surface area (Å²) in [5.41, 5.74) is 1.12. The Balaban J connectivity index is 2.18. The molecular weight excluding hydrogens is 289 g/mol. The number of Topliss-reactive ketones (excluding diaryl/α,β-unsaturated/α-hetero) is 1. The minimum absolute atomic E-state index is 0.128. The van der Waals surface area contributed by atoms with Gasteiger partial charge in [-0.2, -0.15) is 0 Å². The monoisotopic (exact) mass is 301 g/mol. The maximum absolute atomic E-state index is 11.4. The molecule has 4 heteroatoms. The van der Waals surface area contributed by atoms with Crippen LogP contribution in [0.1, 0.15) is 13.3 Å². The number of ketones is 1. The van der Waals surface area contributed by atoms with Crippen molar-refractivity contribution >= 4 is 39.0 Å². The fourth-order valence-electron chi connectivity index (χ4n) is 1.93. The van der Waals surface area contributed by atoms with Crippen LogP contribution in [0.3, 0.4) is 0 Å². The first-order chi connectivity index (χ1) is 7.58. The molecule has 1 aliphatic rings. The number of hydrogen-bond acceptors (Lipinski definition) is 2. The summed E-state index contributed by atoms with van der Waals surface area (Å²) in [7, 11) is 0. The van der Waals surface area contributed by atoms with E-state index < -0.39 is 0 Å². The summed E-state index contributed by atoms with van der Waals surface area (Å²) in [5, 5.41) is 0.713. The van der Waals surface area contributed by atoms with Gasteiger partial charge >= 0.3 is 0 Å². The summed E-state index contributed by atoms with van der Waals surface area (Å²) in [4.78, 5) is 13.7. The van der Waals surface area contributed by atoms with Crippen LogP contribution in [0.15, 0.2) is 22.7 Å². The predicted octanol–water partition coefficient (Wildman–Crippen LogP) is 3.52. The molecule has 0 bridgehead atoms. The Kier molecular flexibility index (Phi) is 3.55. The molecule has 1 aromatic carbocycles. The van der Waals surface area contributed by atoms with Gasteiger partial charge in [-0.25, -0.2) is 0 Å². The zero-order valence-electron chi connectivity index (χ0n) is 9.04. The molecule has 1 unspecified atom stereocenters. The number of nitrogens with zero attached hydrogens (tertiary/aromatic N) is 1. The highest BCUT2D eigenvalue weighted by Crippen LogP contribution is 2.29. The lowest BCUT2D eigenvalue weighted by Crippen LogP contribution is -2.39. The number of rotatable bonds is 1. The van der Waals surface area contributed by atoms with E-state index in [0.717, 1.165) is 23.2 Å². The second-order valence-electron chi connectivity index (χ2n) is 4.16. The largest absolute Gasteiger partial charge is 0.370 e. The van der Waals surface area contributed by atoms with E-state index in [1.807, 2.05) is 25.1 Å². The van der Waals surface area contributed by atoms with Crippen molar-refractivity contribution < 1.29 is 4.79 Å². The lowest BCUT2D eigenvalue weighted by atomic mass is 9.98. The van der Waals surface area contributed by atoms with Crippen LogP contribution in [0.2, 0.25) is 5.02 Å². The van der Waals surface area contributed by atoms with Gasteiger partial charge in [-0.15, -0.1) is 0 Å². The van der Waals surface area contributed by atoms with E-state index in [1.165, 1.54) is 0 Å². The van der Waals surface area contributed by atoms with Crippen LogP contribution < -0.4 is 4.90 Å². The zero-order valence-corrected chi connectivity index (χ0v) is 11.4. The molecule has 0 aliphatic carbocycles. The third kappa shape index (κ3) is 2.41. The van der Waals surface area contributed by atoms with E-state index in [4.69, 9.17) is 11.6 Å². The summed E-state index contributed by atoms with van der Waals surface area (Å²) in [5.74, 6) is 0.493. The molecule has 1 aromatic rings. The number of halogens is 2. The Morgan fingerprint density at radius 1 is 1.50 bits per heavy atom. The number of carbonyl (C=O) groups is 1. The van der Waals surface area contributed by atoms with Crippen molar-refractivity contribution in [2.24, 2.45) is 5.92 Å². The van der Waals surface area contributed by atoms with Crippen molar-refractivity contribution in [2.45, 2.75) is 13.3 Å². The van der Waals surface area contributed by atoms with Gasteiger partial charge in [0.2, 0.25) is 0 Å². The molecule has 0 N–H and O–H groups in total. The molecule has 0 spiro atoms. The molecule has 2 nitrogen and oxygen atoms in total. The third-order valence-corrected chi connectivity index (χ3v) is 4.15. The SMILES string of the molecule is CC1CN(c2ccc(Cl)c(Br)c2)CCC1=O. The Labute approximate surface area is 109 Å². The van der Waals surface area contributed by atoms with Gasteiger partial charge in [0.15, 0.2) is 0 Å². The summed E-state index contributed by atoms with van der Waals surface area (Å²) in [6.45, 7) is 3.59. The van der Waals surface area contributed by atoms with Crippen LogP contribution >= 0.6 is 27.5 Å². The van der Waals surface area contributed by atoms with Crippen molar-refractivity contribution in [3.63, 3.8) is 0 Å². The topological polar surface area (TPSA) is 20.3 Å². The zero-order chi connectivity index (χ0) is 11.7. The molecule has 86 valence electrons. The molecule has 1 aliphatic heterocycles. The molecular formula is C12H13BrClNO. The quantitative estimate of drug-likeness (QED) is 0.791. The number of piperidine rings is 1. The first-order valence-corrected chi connectivity index (χ1v) is 6.47. The van der Waals surface area contributed by atoms with Crippen LogP contribution in [0.25, 0.3) is 0 Å². The smallest absolute Gasteiger partial charge is 0.139 e. The molecule has 1 fully saturated rings. The lowest BCUT2D eigenvalue weighted by Gasteiger charge is -2.32. The summed E-state index contributed by atoms with van der Waals surface area (Å²) >= 11 is 9.37. The average Bonchev–Trinajstić information content (AvgIpc) is 2.26. The minimum atomic E-state index is 0.128. The number of benzene rings is 1. The predicted molar refractivity (Wildman–Crippen MR) is 70.2 cm³/mol. The Bertz CT molecular complexity index is 421. The molecule has 2 rings (SSSR count). The molecule has 1 saturated heterocycles. The van der Waals surface area contributed by atoms with Crippen molar-refractivity contribution in [2.75, 3.05) is 18.0 Å². The average molecular weight is 303 g/mol.